The highest BCUT2D eigenvalue weighted by Crippen LogP contribution is 2.17. The first-order valence-corrected chi connectivity index (χ1v) is 5.30. The molecule has 0 aromatic heterocycles. The SMILES string of the molecule is CC=CCN1CCc2ccccc2C1. The second-order valence-corrected chi connectivity index (χ2v) is 3.82. The zero-order valence-corrected chi connectivity index (χ0v) is 8.74. The van der Waals surface area contributed by atoms with Crippen LogP contribution in [0.3, 0.4) is 0 Å². The lowest BCUT2D eigenvalue weighted by molar-refractivity contribution is 0.282. The molecule has 1 aliphatic rings. The van der Waals surface area contributed by atoms with Crippen LogP contribution in [0.15, 0.2) is 36.4 Å². The van der Waals surface area contributed by atoms with E-state index < -0.39 is 0 Å². The Morgan fingerprint density at radius 3 is 2.86 bits per heavy atom. The topological polar surface area (TPSA) is 3.24 Å². The summed E-state index contributed by atoms with van der Waals surface area (Å²) in [5.74, 6) is 0. The summed E-state index contributed by atoms with van der Waals surface area (Å²) in [6, 6.07) is 8.78. The van der Waals surface area contributed by atoms with Crippen molar-refractivity contribution in [2.75, 3.05) is 13.1 Å². The van der Waals surface area contributed by atoms with Crippen LogP contribution in [0, 0.1) is 0 Å². The quantitative estimate of drug-likeness (QED) is 0.643. The molecule has 1 heteroatoms. The first-order chi connectivity index (χ1) is 6.90. The molecule has 0 saturated heterocycles. The lowest BCUT2D eigenvalue weighted by Crippen LogP contribution is -2.30. The molecule has 0 radical (unpaired) electrons. The van der Waals surface area contributed by atoms with Crippen LogP contribution in [0.25, 0.3) is 0 Å². The van der Waals surface area contributed by atoms with Crippen LogP contribution in [0.1, 0.15) is 18.1 Å². The molecule has 1 aromatic carbocycles. The number of nitrogens with zero attached hydrogens (tertiary/aromatic N) is 1. The Morgan fingerprint density at radius 2 is 2.07 bits per heavy atom. The lowest BCUT2D eigenvalue weighted by atomic mass is 10.00. The fraction of sp³-hybridized carbons (Fsp3) is 0.385. The number of benzene rings is 1. The molecule has 0 unspecified atom stereocenters. The van der Waals surface area contributed by atoms with Crippen LogP contribution in [-0.2, 0) is 13.0 Å². The fourth-order valence-corrected chi connectivity index (χ4v) is 1.96. The fourth-order valence-electron chi connectivity index (χ4n) is 1.96. The van der Waals surface area contributed by atoms with Crippen molar-refractivity contribution in [1.82, 2.24) is 4.90 Å². The summed E-state index contributed by atoms with van der Waals surface area (Å²) >= 11 is 0. The van der Waals surface area contributed by atoms with E-state index in [0.717, 1.165) is 13.1 Å². The van der Waals surface area contributed by atoms with Gasteiger partial charge in [0.1, 0.15) is 0 Å². The van der Waals surface area contributed by atoms with Gasteiger partial charge in [0.05, 0.1) is 0 Å². The summed E-state index contributed by atoms with van der Waals surface area (Å²) in [5, 5.41) is 0. The summed E-state index contributed by atoms with van der Waals surface area (Å²) in [7, 11) is 0. The molecule has 14 heavy (non-hydrogen) atoms. The molecular formula is C13H17N. The normalized spacial score (nSPS) is 17.2. The summed E-state index contributed by atoms with van der Waals surface area (Å²) in [4.78, 5) is 2.49. The average molecular weight is 187 g/mol. The second-order valence-electron chi connectivity index (χ2n) is 3.82. The molecule has 0 amide bonds. The molecule has 2 rings (SSSR count). The molecule has 0 spiro atoms. The number of fused-ring (bicyclic) bond motifs is 1. The van der Waals surface area contributed by atoms with Crippen molar-refractivity contribution in [3.8, 4) is 0 Å². The average Bonchev–Trinajstić information content (AvgIpc) is 2.26. The van der Waals surface area contributed by atoms with Crippen LogP contribution >= 0.6 is 0 Å². The van der Waals surface area contributed by atoms with Gasteiger partial charge in [-0.15, -0.1) is 0 Å². The molecule has 74 valence electrons. The van der Waals surface area contributed by atoms with Crippen LogP contribution < -0.4 is 0 Å². The molecular weight excluding hydrogens is 170 g/mol. The highest BCUT2D eigenvalue weighted by molar-refractivity contribution is 5.29. The minimum Gasteiger partial charge on any atom is -0.295 e. The maximum atomic E-state index is 2.49. The van der Waals surface area contributed by atoms with Gasteiger partial charge in [-0.25, -0.2) is 0 Å². The van der Waals surface area contributed by atoms with Gasteiger partial charge < -0.3 is 0 Å². The number of allylic oxidation sites excluding steroid dienone is 1. The van der Waals surface area contributed by atoms with Gasteiger partial charge in [0, 0.05) is 19.6 Å². The Labute approximate surface area is 86.1 Å². The standard InChI is InChI=1S/C13H17N/c1-2-3-9-14-10-8-12-6-4-5-7-13(12)11-14/h2-7H,8-11H2,1H3. The van der Waals surface area contributed by atoms with E-state index in [1.165, 1.54) is 24.1 Å². The van der Waals surface area contributed by atoms with Gasteiger partial charge in [0.2, 0.25) is 0 Å². The van der Waals surface area contributed by atoms with E-state index in [0.29, 0.717) is 0 Å². The molecule has 0 saturated carbocycles. The van der Waals surface area contributed by atoms with Crippen molar-refractivity contribution in [2.45, 2.75) is 19.9 Å². The van der Waals surface area contributed by atoms with Crippen LogP contribution in [-0.4, -0.2) is 18.0 Å². The summed E-state index contributed by atoms with van der Waals surface area (Å²) in [6.45, 7) is 5.48. The summed E-state index contributed by atoms with van der Waals surface area (Å²) in [5.41, 5.74) is 3.03. The zero-order chi connectivity index (χ0) is 9.80. The second kappa shape index (κ2) is 4.43. The van der Waals surface area contributed by atoms with Crippen LogP contribution in [0.4, 0.5) is 0 Å². The van der Waals surface area contributed by atoms with Crippen molar-refractivity contribution in [1.29, 1.82) is 0 Å². The van der Waals surface area contributed by atoms with Crippen molar-refractivity contribution < 1.29 is 0 Å². The van der Waals surface area contributed by atoms with E-state index in [1.54, 1.807) is 0 Å². The third kappa shape index (κ3) is 2.05. The predicted molar refractivity (Wildman–Crippen MR) is 60.2 cm³/mol. The van der Waals surface area contributed by atoms with Crippen molar-refractivity contribution in [3.05, 3.63) is 47.5 Å². The third-order valence-electron chi connectivity index (χ3n) is 2.81. The molecule has 1 aliphatic heterocycles. The highest BCUT2D eigenvalue weighted by atomic mass is 15.1. The van der Waals surface area contributed by atoms with Crippen molar-refractivity contribution >= 4 is 0 Å². The maximum absolute atomic E-state index is 2.49. The maximum Gasteiger partial charge on any atom is 0.0239 e. The molecule has 1 aromatic rings. The smallest absolute Gasteiger partial charge is 0.0239 e. The highest BCUT2D eigenvalue weighted by Gasteiger charge is 2.13. The van der Waals surface area contributed by atoms with E-state index in [2.05, 4.69) is 48.2 Å². The van der Waals surface area contributed by atoms with Crippen LogP contribution in [0.5, 0.6) is 0 Å². The number of hydrogen-bond donors (Lipinski definition) is 0. The van der Waals surface area contributed by atoms with Gasteiger partial charge in [-0.1, -0.05) is 36.4 Å². The van der Waals surface area contributed by atoms with Gasteiger partial charge in [0.25, 0.3) is 0 Å². The largest absolute Gasteiger partial charge is 0.295 e. The summed E-state index contributed by atoms with van der Waals surface area (Å²) < 4.78 is 0. The first-order valence-electron chi connectivity index (χ1n) is 5.30. The van der Waals surface area contributed by atoms with Crippen LogP contribution in [0.2, 0.25) is 0 Å². The zero-order valence-electron chi connectivity index (χ0n) is 8.74. The molecule has 0 atom stereocenters. The lowest BCUT2D eigenvalue weighted by Gasteiger charge is -2.27. The Bertz CT molecular complexity index is 328. The molecule has 1 nitrogen and oxygen atoms in total. The Morgan fingerprint density at radius 1 is 1.29 bits per heavy atom. The van der Waals surface area contributed by atoms with Gasteiger partial charge in [-0.3, -0.25) is 4.90 Å². The van der Waals surface area contributed by atoms with Gasteiger partial charge in [0.15, 0.2) is 0 Å². The molecule has 0 aliphatic carbocycles. The van der Waals surface area contributed by atoms with Gasteiger partial charge in [-0.2, -0.15) is 0 Å². The summed E-state index contributed by atoms with van der Waals surface area (Å²) in [6.07, 6.45) is 5.56. The molecule has 1 heterocycles. The minimum absolute atomic E-state index is 1.09. The van der Waals surface area contributed by atoms with Gasteiger partial charge in [-0.05, 0) is 24.5 Å². The number of hydrogen-bond acceptors (Lipinski definition) is 1. The van der Waals surface area contributed by atoms with E-state index in [-0.39, 0.29) is 0 Å². The third-order valence-corrected chi connectivity index (χ3v) is 2.81. The van der Waals surface area contributed by atoms with E-state index in [9.17, 15) is 0 Å². The minimum atomic E-state index is 1.09. The Balaban J connectivity index is 2.06. The van der Waals surface area contributed by atoms with Crippen molar-refractivity contribution in [2.24, 2.45) is 0 Å². The van der Waals surface area contributed by atoms with Crippen molar-refractivity contribution in [3.63, 3.8) is 0 Å². The van der Waals surface area contributed by atoms with E-state index in [1.807, 2.05) is 0 Å². The molecule has 0 N–H and O–H groups in total. The van der Waals surface area contributed by atoms with Gasteiger partial charge >= 0.3 is 0 Å². The molecule has 0 fully saturated rings. The monoisotopic (exact) mass is 187 g/mol. The van der Waals surface area contributed by atoms with E-state index >= 15 is 0 Å². The Hall–Kier alpha value is -1.08. The number of rotatable bonds is 2. The first kappa shape index (κ1) is 9.47. The predicted octanol–water partition coefficient (Wildman–Crippen LogP) is 2.62. The molecule has 0 bridgehead atoms. The Kier molecular flexibility index (Phi) is 3.00. The van der Waals surface area contributed by atoms with E-state index in [4.69, 9.17) is 0 Å².